The van der Waals surface area contributed by atoms with Crippen LogP contribution in [0.5, 0.6) is 0 Å². The van der Waals surface area contributed by atoms with E-state index in [0.717, 1.165) is 16.0 Å². The number of aromatic nitrogens is 2. The maximum Gasteiger partial charge on any atom is 0.185 e. The van der Waals surface area contributed by atoms with Gasteiger partial charge in [0.1, 0.15) is 6.33 Å². The first kappa shape index (κ1) is 16.2. The minimum absolute atomic E-state index is 0.519. The molecule has 1 fully saturated rings. The van der Waals surface area contributed by atoms with Crippen molar-refractivity contribution in [2.24, 2.45) is 0 Å². The van der Waals surface area contributed by atoms with Crippen LogP contribution in [0.1, 0.15) is 24.0 Å². The predicted molar refractivity (Wildman–Crippen MR) is 108 cm³/mol. The lowest BCUT2D eigenvalue weighted by Gasteiger charge is -2.11. The Kier molecular flexibility index (Phi) is 4.27. The molecule has 3 aromatic rings. The van der Waals surface area contributed by atoms with Crippen LogP contribution in [0.15, 0.2) is 30.6 Å². The summed E-state index contributed by atoms with van der Waals surface area (Å²) in [6.07, 6.45) is 3.94. The van der Waals surface area contributed by atoms with Crippen molar-refractivity contribution in [1.29, 1.82) is 0 Å². The van der Waals surface area contributed by atoms with E-state index in [4.69, 9.17) is 12.2 Å². The molecule has 0 unspecified atom stereocenters. The average Bonchev–Trinajstić information content (AvgIpc) is 3.26. The number of anilines is 1. The van der Waals surface area contributed by atoms with Crippen LogP contribution in [0.25, 0.3) is 20.7 Å². The molecular weight excluding hydrogens is 350 g/mol. The number of nitrogens with one attached hydrogen (secondary N) is 3. The highest BCUT2D eigenvalue weighted by molar-refractivity contribution is 7.80. The van der Waals surface area contributed by atoms with E-state index in [1.54, 1.807) is 17.7 Å². The third kappa shape index (κ3) is 3.72. The Labute approximate surface area is 155 Å². The van der Waals surface area contributed by atoms with E-state index in [9.17, 15) is 0 Å². The van der Waals surface area contributed by atoms with Crippen molar-refractivity contribution in [1.82, 2.24) is 20.7 Å². The van der Waals surface area contributed by atoms with Crippen LogP contribution in [-0.2, 0) is 0 Å². The highest BCUT2D eigenvalue weighted by Gasteiger charge is 2.21. The standard InChI is InChI=1S/C18H19N5S2/c1-10-5-11(2)7-12(6-10)15-8-14-16(25-15)17(20-9-19-14)22-23-18(24)21-13-3-4-13/h5-9,13H,3-4H2,1-2H3,(H,19,20,22)(H2,21,23,24). The number of hydrazine groups is 1. The Morgan fingerprint density at radius 3 is 2.60 bits per heavy atom. The first-order chi connectivity index (χ1) is 12.1. The van der Waals surface area contributed by atoms with Crippen LogP contribution >= 0.6 is 23.6 Å². The minimum atomic E-state index is 0.519. The minimum Gasteiger partial charge on any atom is -0.359 e. The Morgan fingerprint density at radius 1 is 1.12 bits per heavy atom. The fourth-order valence-electron chi connectivity index (χ4n) is 2.77. The number of thiocarbonyl (C=S) groups is 1. The molecule has 0 atom stereocenters. The van der Waals surface area contributed by atoms with Gasteiger partial charge in [-0.15, -0.1) is 11.3 Å². The molecule has 1 aromatic carbocycles. The van der Waals surface area contributed by atoms with E-state index in [1.807, 2.05) is 0 Å². The Hall–Kier alpha value is -2.25. The van der Waals surface area contributed by atoms with Crippen molar-refractivity contribution in [3.8, 4) is 10.4 Å². The monoisotopic (exact) mass is 369 g/mol. The second-order valence-electron chi connectivity index (χ2n) is 6.42. The van der Waals surface area contributed by atoms with Crippen molar-refractivity contribution in [2.45, 2.75) is 32.7 Å². The van der Waals surface area contributed by atoms with Crippen molar-refractivity contribution < 1.29 is 0 Å². The van der Waals surface area contributed by atoms with Crippen molar-refractivity contribution >= 4 is 44.7 Å². The van der Waals surface area contributed by atoms with Crippen LogP contribution in [0.2, 0.25) is 0 Å². The number of thiophene rings is 1. The van der Waals surface area contributed by atoms with Gasteiger partial charge in [-0.25, -0.2) is 9.97 Å². The molecule has 3 N–H and O–H groups in total. The molecule has 2 aromatic heterocycles. The molecule has 128 valence electrons. The van der Waals surface area contributed by atoms with Crippen molar-refractivity contribution in [3.05, 3.63) is 41.7 Å². The number of aryl methyl sites for hydroxylation is 2. The van der Waals surface area contributed by atoms with Crippen LogP contribution in [0.4, 0.5) is 5.82 Å². The molecule has 0 spiro atoms. The summed E-state index contributed by atoms with van der Waals surface area (Å²) in [5, 5.41) is 3.83. The Morgan fingerprint density at radius 2 is 1.88 bits per heavy atom. The van der Waals surface area contributed by atoms with Gasteiger partial charge >= 0.3 is 0 Å². The predicted octanol–water partition coefficient (Wildman–Crippen LogP) is 3.93. The van der Waals surface area contributed by atoms with Gasteiger partial charge in [0.2, 0.25) is 0 Å². The van der Waals surface area contributed by atoms with E-state index < -0.39 is 0 Å². The van der Waals surface area contributed by atoms with Crippen molar-refractivity contribution in [3.63, 3.8) is 0 Å². The molecule has 25 heavy (non-hydrogen) atoms. The molecule has 0 bridgehead atoms. The molecule has 4 rings (SSSR count). The second-order valence-corrected chi connectivity index (χ2v) is 7.88. The van der Waals surface area contributed by atoms with E-state index in [-0.39, 0.29) is 0 Å². The first-order valence-electron chi connectivity index (χ1n) is 8.24. The summed E-state index contributed by atoms with van der Waals surface area (Å²) in [7, 11) is 0. The summed E-state index contributed by atoms with van der Waals surface area (Å²) in [6.45, 7) is 4.24. The number of fused-ring (bicyclic) bond motifs is 1. The lowest BCUT2D eigenvalue weighted by atomic mass is 10.1. The number of benzene rings is 1. The lowest BCUT2D eigenvalue weighted by Crippen LogP contribution is -2.40. The van der Waals surface area contributed by atoms with Gasteiger partial charge in [-0.1, -0.05) is 29.3 Å². The smallest absolute Gasteiger partial charge is 0.185 e. The van der Waals surface area contributed by atoms with Gasteiger partial charge < -0.3 is 5.32 Å². The second kappa shape index (κ2) is 6.57. The molecule has 5 nitrogen and oxygen atoms in total. The van der Waals surface area contributed by atoms with Gasteiger partial charge in [0.25, 0.3) is 0 Å². The maximum absolute atomic E-state index is 5.28. The highest BCUT2D eigenvalue weighted by Crippen LogP contribution is 2.36. The third-order valence-corrected chi connectivity index (χ3v) is 5.42. The van der Waals surface area contributed by atoms with Gasteiger partial charge in [0.05, 0.1) is 10.2 Å². The van der Waals surface area contributed by atoms with Crippen LogP contribution < -0.4 is 16.2 Å². The molecule has 1 saturated carbocycles. The molecule has 0 saturated heterocycles. The Bertz CT molecular complexity index is 926. The van der Waals surface area contributed by atoms with Crippen molar-refractivity contribution in [2.75, 3.05) is 5.43 Å². The summed E-state index contributed by atoms with van der Waals surface area (Å²) in [5.41, 5.74) is 10.8. The SMILES string of the molecule is Cc1cc(C)cc(-c2cc3ncnc(NNC(=S)NC4CC4)c3s2)c1. The van der Waals surface area contributed by atoms with E-state index in [2.05, 4.69) is 64.2 Å². The van der Waals surface area contributed by atoms with Crippen LogP contribution in [-0.4, -0.2) is 21.1 Å². The highest BCUT2D eigenvalue weighted by atomic mass is 32.1. The van der Waals surface area contributed by atoms with Crippen LogP contribution in [0.3, 0.4) is 0 Å². The zero-order chi connectivity index (χ0) is 17.4. The molecular formula is C18H19N5S2. The molecule has 7 heteroatoms. The number of hydrogen-bond donors (Lipinski definition) is 3. The lowest BCUT2D eigenvalue weighted by molar-refractivity contribution is 0.878. The largest absolute Gasteiger partial charge is 0.359 e. The van der Waals surface area contributed by atoms with Gasteiger partial charge in [0.15, 0.2) is 10.9 Å². The number of rotatable bonds is 4. The van der Waals surface area contributed by atoms with E-state index in [0.29, 0.717) is 11.2 Å². The molecule has 1 aliphatic carbocycles. The molecule has 0 radical (unpaired) electrons. The zero-order valence-corrected chi connectivity index (χ0v) is 15.7. The quantitative estimate of drug-likeness (QED) is 0.478. The zero-order valence-electron chi connectivity index (χ0n) is 14.1. The summed E-state index contributed by atoms with van der Waals surface area (Å²) < 4.78 is 1.01. The van der Waals surface area contributed by atoms with Gasteiger partial charge in [-0.3, -0.25) is 10.9 Å². The fraction of sp³-hybridized carbons (Fsp3) is 0.278. The molecule has 2 heterocycles. The maximum atomic E-state index is 5.28. The summed E-state index contributed by atoms with van der Waals surface area (Å²) in [6, 6.07) is 9.21. The van der Waals surface area contributed by atoms with Crippen LogP contribution in [0, 0.1) is 13.8 Å². The topological polar surface area (TPSA) is 61.9 Å². The summed E-state index contributed by atoms with van der Waals surface area (Å²) >= 11 is 6.96. The van der Waals surface area contributed by atoms with E-state index in [1.165, 1.54) is 34.4 Å². The fourth-order valence-corrected chi connectivity index (χ4v) is 4.03. The number of nitrogens with zero attached hydrogens (tertiary/aromatic N) is 2. The molecule has 0 amide bonds. The first-order valence-corrected chi connectivity index (χ1v) is 9.47. The van der Waals surface area contributed by atoms with Gasteiger partial charge in [-0.2, -0.15) is 0 Å². The third-order valence-electron chi connectivity index (χ3n) is 4.02. The average molecular weight is 370 g/mol. The normalized spacial score (nSPS) is 13.7. The van der Waals surface area contributed by atoms with Gasteiger partial charge in [-0.05, 0) is 50.5 Å². The van der Waals surface area contributed by atoms with E-state index >= 15 is 0 Å². The summed E-state index contributed by atoms with van der Waals surface area (Å²) in [4.78, 5) is 9.94. The molecule has 1 aliphatic rings. The summed E-state index contributed by atoms with van der Waals surface area (Å²) in [5.74, 6) is 0.741. The Balaban J connectivity index is 1.60. The van der Waals surface area contributed by atoms with Gasteiger partial charge in [0, 0.05) is 10.9 Å². The molecule has 0 aliphatic heterocycles. The number of hydrogen-bond acceptors (Lipinski definition) is 5.